The molecule has 6 heteroatoms. The van der Waals surface area contributed by atoms with Crippen molar-refractivity contribution in [2.45, 2.75) is 33.6 Å². The molecule has 0 atom stereocenters. The molecule has 2 amide bonds. The second-order valence-electron chi connectivity index (χ2n) is 3.12. The van der Waals surface area contributed by atoms with Gasteiger partial charge in [0.1, 0.15) is 0 Å². The largest absolute Gasteiger partial charge is 0.448 e. The summed E-state index contributed by atoms with van der Waals surface area (Å²) in [5.41, 5.74) is 1.92. The molecule has 0 fully saturated rings. The molecule has 1 N–H and O–H groups in total. The number of nitrogens with one attached hydrogen (secondary N) is 1. The first kappa shape index (κ1) is 14.5. The summed E-state index contributed by atoms with van der Waals surface area (Å²) in [6.45, 7) is 6.95. The predicted molar refractivity (Wildman–Crippen MR) is 58.8 cm³/mol. The predicted octanol–water partition coefficient (Wildman–Crippen LogP) is 1.91. The van der Waals surface area contributed by atoms with Crippen molar-refractivity contribution < 1.29 is 19.2 Å². The SMILES string of the molecule is CCCCN(CC)C(=O)ONC(=O)OCC. The van der Waals surface area contributed by atoms with Crippen molar-refractivity contribution in [1.82, 2.24) is 10.4 Å². The normalized spacial score (nSPS) is 9.44. The van der Waals surface area contributed by atoms with Crippen LogP contribution in [-0.4, -0.2) is 36.8 Å². The summed E-state index contributed by atoms with van der Waals surface area (Å²) in [6, 6.07) is 0. The van der Waals surface area contributed by atoms with Crippen LogP contribution in [0.2, 0.25) is 0 Å². The zero-order valence-corrected chi connectivity index (χ0v) is 10.1. The Bertz CT molecular complexity index is 221. The molecule has 94 valence electrons. The van der Waals surface area contributed by atoms with Gasteiger partial charge in [-0.3, -0.25) is 0 Å². The maximum Gasteiger partial charge on any atom is 0.440 e. The Labute approximate surface area is 95.8 Å². The van der Waals surface area contributed by atoms with Crippen molar-refractivity contribution in [2.24, 2.45) is 0 Å². The fraction of sp³-hybridized carbons (Fsp3) is 0.800. The van der Waals surface area contributed by atoms with Crippen molar-refractivity contribution in [3.8, 4) is 0 Å². The number of hydrogen-bond donors (Lipinski definition) is 1. The minimum absolute atomic E-state index is 0.233. The lowest BCUT2D eigenvalue weighted by atomic mass is 10.3. The highest BCUT2D eigenvalue weighted by molar-refractivity contribution is 5.71. The number of hydrogen-bond acceptors (Lipinski definition) is 4. The lowest BCUT2D eigenvalue weighted by Gasteiger charge is -2.19. The van der Waals surface area contributed by atoms with Crippen molar-refractivity contribution >= 4 is 12.2 Å². The lowest BCUT2D eigenvalue weighted by Crippen LogP contribution is -2.38. The Kier molecular flexibility index (Phi) is 8.01. The molecule has 0 heterocycles. The van der Waals surface area contributed by atoms with Gasteiger partial charge in [-0.25, -0.2) is 9.59 Å². The number of carbonyl (C=O) groups is 2. The molecule has 0 aliphatic heterocycles. The van der Waals surface area contributed by atoms with Gasteiger partial charge in [0.15, 0.2) is 0 Å². The van der Waals surface area contributed by atoms with Gasteiger partial charge in [0, 0.05) is 13.1 Å². The zero-order chi connectivity index (χ0) is 12.4. The third-order valence-corrected chi connectivity index (χ3v) is 1.92. The quantitative estimate of drug-likeness (QED) is 0.735. The molecule has 0 rings (SSSR count). The third-order valence-electron chi connectivity index (χ3n) is 1.92. The molecule has 0 bridgehead atoms. The molecule has 16 heavy (non-hydrogen) atoms. The van der Waals surface area contributed by atoms with Gasteiger partial charge < -0.3 is 14.5 Å². The standard InChI is InChI=1S/C10H20N2O4/c1-4-7-8-12(5-2)10(14)16-11-9(13)15-6-3/h4-8H2,1-3H3,(H,11,13). The average Bonchev–Trinajstić information content (AvgIpc) is 2.28. The summed E-state index contributed by atoms with van der Waals surface area (Å²) >= 11 is 0. The van der Waals surface area contributed by atoms with Gasteiger partial charge in [-0.2, -0.15) is 0 Å². The first-order valence-corrected chi connectivity index (χ1v) is 5.54. The first-order chi connectivity index (χ1) is 7.65. The Balaban J connectivity index is 3.87. The number of unbranched alkanes of at least 4 members (excludes halogenated alkanes) is 1. The fourth-order valence-corrected chi connectivity index (χ4v) is 1.04. The summed E-state index contributed by atoms with van der Waals surface area (Å²) in [7, 11) is 0. The Morgan fingerprint density at radius 3 is 2.44 bits per heavy atom. The fourth-order valence-electron chi connectivity index (χ4n) is 1.04. The average molecular weight is 232 g/mol. The van der Waals surface area contributed by atoms with Gasteiger partial charge in [-0.05, 0) is 20.3 Å². The van der Waals surface area contributed by atoms with Crippen LogP contribution in [0.15, 0.2) is 0 Å². The maximum absolute atomic E-state index is 11.4. The van der Waals surface area contributed by atoms with Gasteiger partial charge in [0.05, 0.1) is 6.61 Å². The van der Waals surface area contributed by atoms with Gasteiger partial charge in [0.25, 0.3) is 0 Å². The number of carbonyl (C=O) groups excluding carboxylic acids is 2. The summed E-state index contributed by atoms with van der Waals surface area (Å²) in [4.78, 5) is 28.3. The van der Waals surface area contributed by atoms with Crippen LogP contribution in [0.25, 0.3) is 0 Å². The number of rotatable bonds is 5. The van der Waals surface area contributed by atoms with Crippen molar-refractivity contribution in [3.63, 3.8) is 0 Å². The number of hydroxylamine groups is 1. The monoisotopic (exact) mass is 232 g/mol. The molecular formula is C10H20N2O4. The van der Waals surface area contributed by atoms with Crippen molar-refractivity contribution in [3.05, 3.63) is 0 Å². The van der Waals surface area contributed by atoms with Gasteiger partial charge in [-0.15, -0.1) is 5.48 Å². The van der Waals surface area contributed by atoms with E-state index in [0.717, 1.165) is 12.8 Å². The molecule has 0 saturated carbocycles. The van der Waals surface area contributed by atoms with E-state index in [4.69, 9.17) is 0 Å². The molecule has 0 saturated heterocycles. The van der Waals surface area contributed by atoms with Crippen LogP contribution in [0.4, 0.5) is 9.59 Å². The van der Waals surface area contributed by atoms with E-state index >= 15 is 0 Å². The van der Waals surface area contributed by atoms with E-state index in [-0.39, 0.29) is 6.61 Å². The van der Waals surface area contributed by atoms with Crippen molar-refractivity contribution in [2.75, 3.05) is 19.7 Å². The third kappa shape index (κ3) is 6.10. The van der Waals surface area contributed by atoms with E-state index in [1.807, 2.05) is 19.3 Å². The zero-order valence-electron chi connectivity index (χ0n) is 10.1. The molecule has 0 aromatic rings. The van der Waals surface area contributed by atoms with Crippen LogP contribution in [0.3, 0.4) is 0 Å². The lowest BCUT2D eigenvalue weighted by molar-refractivity contribution is 0.0440. The number of nitrogens with zero attached hydrogens (tertiary/aromatic N) is 1. The van der Waals surface area contributed by atoms with E-state index in [1.165, 1.54) is 4.90 Å². The van der Waals surface area contributed by atoms with Crippen molar-refractivity contribution in [1.29, 1.82) is 0 Å². The van der Waals surface area contributed by atoms with Crippen LogP contribution < -0.4 is 5.48 Å². The molecular weight excluding hydrogens is 212 g/mol. The molecule has 0 aliphatic rings. The van der Waals surface area contributed by atoms with Gasteiger partial charge >= 0.3 is 12.2 Å². The molecule has 0 aliphatic carbocycles. The molecule has 0 unspecified atom stereocenters. The Hall–Kier alpha value is -1.46. The van der Waals surface area contributed by atoms with Crippen LogP contribution in [0.5, 0.6) is 0 Å². The van der Waals surface area contributed by atoms with E-state index < -0.39 is 12.2 Å². The topological polar surface area (TPSA) is 67.9 Å². The Morgan fingerprint density at radius 2 is 1.94 bits per heavy atom. The number of ether oxygens (including phenoxy) is 1. The van der Waals surface area contributed by atoms with E-state index in [1.54, 1.807) is 6.92 Å². The highest BCUT2D eigenvalue weighted by Gasteiger charge is 2.14. The van der Waals surface area contributed by atoms with E-state index in [9.17, 15) is 9.59 Å². The summed E-state index contributed by atoms with van der Waals surface area (Å²) in [6.07, 6.45) is 0.573. The Morgan fingerprint density at radius 1 is 1.25 bits per heavy atom. The van der Waals surface area contributed by atoms with E-state index in [2.05, 4.69) is 9.57 Å². The molecule has 0 spiro atoms. The molecule has 6 nitrogen and oxygen atoms in total. The summed E-state index contributed by atoms with van der Waals surface area (Å²) in [5, 5.41) is 0. The molecule has 0 aromatic carbocycles. The summed E-state index contributed by atoms with van der Waals surface area (Å²) < 4.78 is 4.54. The van der Waals surface area contributed by atoms with Crippen LogP contribution in [0, 0.1) is 0 Å². The highest BCUT2D eigenvalue weighted by Crippen LogP contribution is 1.97. The molecule has 0 radical (unpaired) electrons. The van der Waals surface area contributed by atoms with Gasteiger partial charge in [-0.1, -0.05) is 13.3 Å². The minimum atomic E-state index is -0.762. The minimum Gasteiger partial charge on any atom is -0.448 e. The van der Waals surface area contributed by atoms with Crippen LogP contribution in [0.1, 0.15) is 33.6 Å². The van der Waals surface area contributed by atoms with Crippen LogP contribution in [-0.2, 0) is 9.57 Å². The number of amides is 2. The van der Waals surface area contributed by atoms with Gasteiger partial charge in [0.2, 0.25) is 0 Å². The molecule has 0 aromatic heterocycles. The highest BCUT2D eigenvalue weighted by atomic mass is 16.7. The first-order valence-electron chi connectivity index (χ1n) is 5.54. The second kappa shape index (κ2) is 8.82. The van der Waals surface area contributed by atoms with E-state index in [0.29, 0.717) is 13.1 Å². The second-order valence-corrected chi connectivity index (χ2v) is 3.12. The van der Waals surface area contributed by atoms with Crippen LogP contribution >= 0.6 is 0 Å². The summed E-state index contributed by atoms with van der Waals surface area (Å²) in [5.74, 6) is 0. The smallest absolute Gasteiger partial charge is 0.440 e. The maximum atomic E-state index is 11.4.